The molecule has 1 aliphatic heterocycles. The summed E-state index contributed by atoms with van der Waals surface area (Å²) in [5.41, 5.74) is 2.70. The smallest absolute Gasteiger partial charge is 0.228 e. The van der Waals surface area contributed by atoms with Crippen molar-refractivity contribution in [1.82, 2.24) is 5.32 Å². The van der Waals surface area contributed by atoms with E-state index in [-0.39, 0.29) is 29.6 Å². The average molecular weight is 450 g/mol. The van der Waals surface area contributed by atoms with Gasteiger partial charge in [-0.1, -0.05) is 56.7 Å². The van der Waals surface area contributed by atoms with Gasteiger partial charge in [0.25, 0.3) is 0 Å². The van der Waals surface area contributed by atoms with Gasteiger partial charge in [-0.2, -0.15) is 0 Å². The molecule has 2 saturated carbocycles. The Bertz CT molecular complexity index is 969. The van der Waals surface area contributed by atoms with Gasteiger partial charge in [0, 0.05) is 6.04 Å². The fourth-order valence-electron chi connectivity index (χ4n) is 6.30. The molecule has 3 aliphatic rings. The highest BCUT2D eigenvalue weighted by Gasteiger charge is 2.52. The first-order chi connectivity index (χ1) is 16.1. The molecule has 0 aromatic heterocycles. The van der Waals surface area contributed by atoms with Crippen LogP contribution in [0.4, 0.5) is 15.8 Å². The number of hydrogen-bond donors (Lipinski definition) is 3. The predicted octanol–water partition coefficient (Wildman–Crippen LogP) is 6.47. The molecule has 0 spiro atoms. The summed E-state index contributed by atoms with van der Waals surface area (Å²) in [6, 6.07) is 13.7. The van der Waals surface area contributed by atoms with Crippen LogP contribution < -0.4 is 16.0 Å². The van der Waals surface area contributed by atoms with Gasteiger partial charge in [-0.25, -0.2) is 4.39 Å². The summed E-state index contributed by atoms with van der Waals surface area (Å²) in [6.07, 6.45) is 11.4. The van der Waals surface area contributed by atoms with E-state index in [2.05, 4.69) is 28.1 Å². The Labute approximate surface area is 196 Å². The van der Waals surface area contributed by atoms with E-state index in [9.17, 15) is 9.18 Å². The number of carbonyl (C=O) groups is 1. The second-order valence-corrected chi connectivity index (χ2v) is 10.3. The molecule has 2 fully saturated rings. The molecule has 1 atom stereocenters. The SMILES string of the molecule is Cc1cc(C2(C(C(=O)NC3CCCCC3)C3CCCCC3)Nc3ccccc3N2)ccc1F. The van der Waals surface area contributed by atoms with Crippen molar-refractivity contribution in [2.75, 3.05) is 10.6 Å². The zero-order chi connectivity index (χ0) is 22.8. The molecule has 1 heterocycles. The monoisotopic (exact) mass is 449 g/mol. The summed E-state index contributed by atoms with van der Waals surface area (Å²) < 4.78 is 14.3. The van der Waals surface area contributed by atoms with Crippen molar-refractivity contribution < 1.29 is 9.18 Å². The number of nitrogens with one attached hydrogen (secondary N) is 3. The van der Waals surface area contributed by atoms with Crippen LogP contribution in [0.5, 0.6) is 0 Å². The number of fused-ring (bicyclic) bond motifs is 1. The summed E-state index contributed by atoms with van der Waals surface area (Å²) in [5, 5.41) is 10.9. The molecule has 33 heavy (non-hydrogen) atoms. The molecule has 176 valence electrons. The largest absolute Gasteiger partial charge is 0.357 e. The number of hydrogen-bond acceptors (Lipinski definition) is 3. The second-order valence-electron chi connectivity index (χ2n) is 10.3. The Kier molecular flexibility index (Phi) is 6.31. The van der Waals surface area contributed by atoms with Crippen LogP contribution in [0.15, 0.2) is 42.5 Å². The molecule has 2 aromatic rings. The molecule has 1 amide bonds. The number of para-hydroxylation sites is 2. The molecule has 4 nitrogen and oxygen atoms in total. The van der Waals surface area contributed by atoms with Gasteiger partial charge in [-0.3, -0.25) is 4.79 Å². The van der Waals surface area contributed by atoms with Crippen molar-refractivity contribution in [3.63, 3.8) is 0 Å². The van der Waals surface area contributed by atoms with Crippen LogP contribution in [0.1, 0.15) is 75.3 Å². The van der Waals surface area contributed by atoms with Crippen molar-refractivity contribution >= 4 is 17.3 Å². The Morgan fingerprint density at radius 2 is 1.55 bits per heavy atom. The summed E-state index contributed by atoms with van der Waals surface area (Å²) in [6.45, 7) is 1.80. The number of anilines is 2. The molecule has 1 unspecified atom stereocenters. The van der Waals surface area contributed by atoms with E-state index in [1.54, 1.807) is 6.92 Å². The molecule has 2 aromatic carbocycles. The zero-order valence-electron chi connectivity index (χ0n) is 19.6. The van der Waals surface area contributed by atoms with Gasteiger partial charge in [-0.15, -0.1) is 0 Å². The van der Waals surface area contributed by atoms with Crippen LogP contribution in [0.3, 0.4) is 0 Å². The van der Waals surface area contributed by atoms with Gasteiger partial charge < -0.3 is 16.0 Å². The summed E-state index contributed by atoms with van der Waals surface area (Å²) in [7, 11) is 0. The number of rotatable bonds is 5. The number of amides is 1. The summed E-state index contributed by atoms with van der Waals surface area (Å²) >= 11 is 0. The van der Waals surface area contributed by atoms with Crippen molar-refractivity contribution in [1.29, 1.82) is 0 Å². The first-order valence-corrected chi connectivity index (χ1v) is 12.8. The van der Waals surface area contributed by atoms with Gasteiger partial charge in [0.05, 0.1) is 17.3 Å². The molecule has 0 radical (unpaired) electrons. The lowest BCUT2D eigenvalue weighted by molar-refractivity contribution is -0.130. The molecular formula is C28H36FN3O. The lowest BCUT2D eigenvalue weighted by atomic mass is 9.70. The Morgan fingerprint density at radius 3 is 2.15 bits per heavy atom. The third-order valence-corrected chi connectivity index (χ3v) is 8.03. The third-order valence-electron chi connectivity index (χ3n) is 8.03. The maximum absolute atomic E-state index is 14.3. The minimum Gasteiger partial charge on any atom is -0.357 e. The maximum Gasteiger partial charge on any atom is 0.228 e. The number of benzene rings is 2. The molecule has 0 bridgehead atoms. The molecular weight excluding hydrogens is 413 g/mol. The lowest BCUT2D eigenvalue weighted by Crippen LogP contribution is -2.56. The number of aryl methyl sites for hydroxylation is 1. The highest BCUT2D eigenvalue weighted by molar-refractivity contribution is 5.86. The number of carbonyl (C=O) groups excluding carboxylic acids is 1. The Hall–Kier alpha value is -2.56. The van der Waals surface area contributed by atoms with Crippen molar-refractivity contribution in [3.8, 4) is 0 Å². The number of halogens is 1. The highest BCUT2D eigenvalue weighted by Crippen LogP contribution is 2.49. The van der Waals surface area contributed by atoms with Crippen LogP contribution in [-0.2, 0) is 10.5 Å². The topological polar surface area (TPSA) is 53.2 Å². The molecule has 3 N–H and O–H groups in total. The first kappa shape index (κ1) is 22.2. The van der Waals surface area contributed by atoms with E-state index >= 15 is 0 Å². The van der Waals surface area contributed by atoms with Gasteiger partial charge >= 0.3 is 0 Å². The highest BCUT2D eigenvalue weighted by atomic mass is 19.1. The quantitative estimate of drug-likeness (QED) is 0.490. The lowest BCUT2D eigenvalue weighted by Gasteiger charge is -2.44. The molecule has 5 heteroatoms. The van der Waals surface area contributed by atoms with Crippen molar-refractivity contribution in [3.05, 3.63) is 59.4 Å². The van der Waals surface area contributed by atoms with Crippen LogP contribution >= 0.6 is 0 Å². The van der Waals surface area contributed by atoms with Crippen molar-refractivity contribution in [2.24, 2.45) is 11.8 Å². The van der Waals surface area contributed by atoms with Gasteiger partial charge in [0.15, 0.2) is 0 Å². The fraction of sp³-hybridized carbons (Fsp3) is 0.536. The standard InChI is InChI=1S/C28H36FN3O/c1-19-18-21(16-17-23(19)29)28(31-24-14-8-9-15-25(24)32-28)26(20-10-4-2-5-11-20)27(33)30-22-12-6-3-7-13-22/h8-9,14-18,20,22,26,31-32H,2-7,10-13H2,1H3,(H,30,33). The van der Waals surface area contributed by atoms with E-state index in [1.165, 1.54) is 31.7 Å². The van der Waals surface area contributed by atoms with Crippen LogP contribution in [0.2, 0.25) is 0 Å². The minimum atomic E-state index is -0.803. The maximum atomic E-state index is 14.3. The molecule has 5 rings (SSSR count). The zero-order valence-corrected chi connectivity index (χ0v) is 19.6. The Morgan fingerprint density at radius 1 is 0.939 bits per heavy atom. The predicted molar refractivity (Wildman–Crippen MR) is 132 cm³/mol. The fourth-order valence-corrected chi connectivity index (χ4v) is 6.30. The van der Waals surface area contributed by atoms with E-state index in [4.69, 9.17) is 0 Å². The van der Waals surface area contributed by atoms with Gasteiger partial charge in [-0.05, 0) is 73.9 Å². The van der Waals surface area contributed by atoms with Crippen molar-refractivity contribution in [2.45, 2.75) is 82.8 Å². The summed E-state index contributed by atoms with van der Waals surface area (Å²) in [4.78, 5) is 14.1. The second kappa shape index (κ2) is 9.36. The Balaban J connectivity index is 1.58. The first-order valence-electron chi connectivity index (χ1n) is 12.8. The van der Waals surface area contributed by atoms with Gasteiger partial charge in [0.2, 0.25) is 5.91 Å². The van der Waals surface area contributed by atoms with E-state index in [0.29, 0.717) is 5.56 Å². The van der Waals surface area contributed by atoms with Crippen LogP contribution in [0, 0.1) is 24.6 Å². The molecule has 0 saturated heterocycles. The normalized spacial score (nSPS) is 21.5. The van der Waals surface area contributed by atoms with Crippen LogP contribution in [0.25, 0.3) is 0 Å². The van der Waals surface area contributed by atoms with E-state index in [0.717, 1.165) is 55.5 Å². The van der Waals surface area contributed by atoms with E-state index < -0.39 is 5.66 Å². The minimum absolute atomic E-state index is 0.128. The molecule has 2 aliphatic carbocycles. The average Bonchev–Trinajstić information content (AvgIpc) is 3.22. The van der Waals surface area contributed by atoms with Crippen LogP contribution in [-0.4, -0.2) is 11.9 Å². The summed E-state index contributed by atoms with van der Waals surface area (Å²) in [5.74, 6) is -0.118. The van der Waals surface area contributed by atoms with E-state index in [1.807, 2.05) is 24.3 Å². The third kappa shape index (κ3) is 4.34. The van der Waals surface area contributed by atoms with Gasteiger partial charge in [0.1, 0.15) is 11.5 Å².